The highest BCUT2D eigenvalue weighted by Crippen LogP contribution is 2.35. The Hall–Kier alpha value is -1.22. The molecule has 1 aromatic carbocycles. The second-order valence-electron chi connectivity index (χ2n) is 6.64. The molecule has 1 heterocycles. The Morgan fingerprint density at radius 1 is 1.29 bits per heavy atom. The summed E-state index contributed by atoms with van der Waals surface area (Å²) in [5, 5.41) is 3.78. The molecular formula is C18H27NO2. The topological polar surface area (TPSA) is 30.5 Å². The molecule has 3 heteroatoms. The van der Waals surface area contributed by atoms with Gasteiger partial charge in [0.05, 0.1) is 13.7 Å². The lowest BCUT2D eigenvalue weighted by Crippen LogP contribution is -2.32. The summed E-state index contributed by atoms with van der Waals surface area (Å²) in [6, 6.07) is 6.53. The Morgan fingerprint density at radius 2 is 2.19 bits per heavy atom. The van der Waals surface area contributed by atoms with Crippen molar-refractivity contribution in [3.63, 3.8) is 0 Å². The zero-order valence-electron chi connectivity index (χ0n) is 13.2. The molecule has 0 amide bonds. The number of hydrogen-bond donors (Lipinski definition) is 1. The summed E-state index contributed by atoms with van der Waals surface area (Å²) >= 11 is 0. The van der Waals surface area contributed by atoms with Crippen LogP contribution >= 0.6 is 0 Å². The molecule has 21 heavy (non-hydrogen) atoms. The molecular weight excluding hydrogens is 262 g/mol. The molecule has 0 radical (unpaired) electrons. The average Bonchev–Trinajstić information content (AvgIpc) is 2.52. The second kappa shape index (κ2) is 6.69. The molecule has 1 N–H and O–H groups in total. The smallest absolute Gasteiger partial charge is 0.124 e. The van der Waals surface area contributed by atoms with Crippen LogP contribution in [0.5, 0.6) is 11.5 Å². The Balaban J connectivity index is 1.64. The molecule has 1 aliphatic carbocycles. The first-order valence-electron chi connectivity index (χ1n) is 8.30. The minimum atomic E-state index is 0.404. The molecule has 3 rings (SSSR count). The lowest BCUT2D eigenvalue weighted by molar-refractivity contribution is 0.229. The van der Waals surface area contributed by atoms with Crippen molar-refractivity contribution >= 4 is 0 Å². The number of hydrogen-bond acceptors (Lipinski definition) is 3. The van der Waals surface area contributed by atoms with Crippen molar-refractivity contribution in [3.05, 3.63) is 23.8 Å². The van der Waals surface area contributed by atoms with Gasteiger partial charge in [0.25, 0.3) is 0 Å². The van der Waals surface area contributed by atoms with Crippen LogP contribution in [-0.4, -0.2) is 20.3 Å². The first-order chi connectivity index (χ1) is 10.3. The van der Waals surface area contributed by atoms with Crippen LogP contribution in [0.15, 0.2) is 18.2 Å². The van der Waals surface area contributed by atoms with E-state index in [1.54, 1.807) is 7.11 Å². The van der Waals surface area contributed by atoms with Gasteiger partial charge in [-0.15, -0.1) is 0 Å². The van der Waals surface area contributed by atoms with Gasteiger partial charge in [-0.1, -0.05) is 19.8 Å². The van der Waals surface area contributed by atoms with Crippen molar-refractivity contribution in [3.8, 4) is 11.5 Å². The molecule has 116 valence electrons. The average molecular weight is 289 g/mol. The van der Waals surface area contributed by atoms with E-state index in [0.717, 1.165) is 42.9 Å². The van der Waals surface area contributed by atoms with Gasteiger partial charge in [0, 0.05) is 18.0 Å². The summed E-state index contributed by atoms with van der Waals surface area (Å²) < 4.78 is 11.1. The second-order valence-corrected chi connectivity index (χ2v) is 6.64. The Bertz CT molecular complexity index is 474. The van der Waals surface area contributed by atoms with Gasteiger partial charge in [0.2, 0.25) is 0 Å². The minimum absolute atomic E-state index is 0.404. The molecule has 0 saturated heterocycles. The predicted octanol–water partition coefficient (Wildman–Crippen LogP) is 3.93. The van der Waals surface area contributed by atoms with E-state index in [1.807, 2.05) is 12.1 Å². The Labute approximate surface area is 128 Å². The molecule has 1 saturated carbocycles. The van der Waals surface area contributed by atoms with Crippen LogP contribution in [0.4, 0.5) is 0 Å². The monoisotopic (exact) mass is 289 g/mol. The molecule has 0 spiro atoms. The van der Waals surface area contributed by atoms with E-state index in [2.05, 4.69) is 18.3 Å². The van der Waals surface area contributed by atoms with Crippen LogP contribution in [0.3, 0.4) is 0 Å². The first kappa shape index (κ1) is 14.7. The number of nitrogens with one attached hydrogen (secondary N) is 1. The standard InChI is InChI=1S/C18H27NO2/c1-13-4-3-5-14(10-13)12-19-17-8-9-21-18-7-6-15(20-2)11-16(17)18/h6-7,11,13-14,17,19H,3-5,8-10,12H2,1-2H3. The van der Waals surface area contributed by atoms with Crippen molar-refractivity contribution in [2.45, 2.75) is 45.1 Å². The Kier molecular flexibility index (Phi) is 4.69. The first-order valence-corrected chi connectivity index (χ1v) is 8.30. The predicted molar refractivity (Wildman–Crippen MR) is 85.0 cm³/mol. The molecule has 3 unspecified atom stereocenters. The summed E-state index contributed by atoms with van der Waals surface area (Å²) in [6.07, 6.45) is 6.61. The van der Waals surface area contributed by atoms with Crippen LogP contribution in [0.2, 0.25) is 0 Å². The minimum Gasteiger partial charge on any atom is -0.497 e. The van der Waals surface area contributed by atoms with E-state index in [0.29, 0.717) is 6.04 Å². The third kappa shape index (κ3) is 3.52. The normalized spacial score (nSPS) is 28.6. The van der Waals surface area contributed by atoms with E-state index in [-0.39, 0.29) is 0 Å². The van der Waals surface area contributed by atoms with Crippen molar-refractivity contribution in [1.29, 1.82) is 0 Å². The fraction of sp³-hybridized carbons (Fsp3) is 0.667. The summed E-state index contributed by atoms with van der Waals surface area (Å²) in [7, 11) is 1.72. The van der Waals surface area contributed by atoms with Crippen LogP contribution in [-0.2, 0) is 0 Å². The molecule has 0 aromatic heterocycles. The van der Waals surface area contributed by atoms with Crippen LogP contribution in [0, 0.1) is 11.8 Å². The van der Waals surface area contributed by atoms with E-state index in [1.165, 1.54) is 31.2 Å². The fourth-order valence-electron chi connectivity index (χ4n) is 3.77. The van der Waals surface area contributed by atoms with Gasteiger partial charge >= 0.3 is 0 Å². The zero-order valence-corrected chi connectivity index (χ0v) is 13.2. The maximum atomic E-state index is 5.77. The highest BCUT2D eigenvalue weighted by Gasteiger charge is 2.24. The summed E-state index contributed by atoms with van der Waals surface area (Å²) in [5.74, 6) is 3.66. The lowest BCUT2D eigenvalue weighted by Gasteiger charge is -2.31. The number of benzene rings is 1. The maximum absolute atomic E-state index is 5.77. The highest BCUT2D eigenvalue weighted by atomic mass is 16.5. The van der Waals surface area contributed by atoms with Gasteiger partial charge in [-0.2, -0.15) is 0 Å². The molecule has 2 aliphatic rings. The van der Waals surface area contributed by atoms with E-state index in [4.69, 9.17) is 9.47 Å². The van der Waals surface area contributed by atoms with E-state index in [9.17, 15) is 0 Å². The molecule has 1 aromatic rings. The van der Waals surface area contributed by atoms with Crippen LogP contribution in [0.1, 0.15) is 50.6 Å². The van der Waals surface area contributed by atoms with Gasteiger partial charge in [0.15, 0.2) is 0 Å². The number of rotatable bonds is 4. The third-order valence-electron chi connectivity index (χ3n) is 4.95. The summed E-state index contributed by atoms with van der Waals surface area (Å²) in [5.41, 5.74) is 1.25. The van der Waals surface area contributed by atoms with Crippen LogP contribution < -0.4 is 14.8 Å². The quantitative estimate of drug-likeness (QED) is 0.911. The summed E-state index contributed by atoms with van der Waals surface area (Å²) in [6.45, 7) is 4.32. The maximum Gasteiger partial charge on any atom is 0.124 e. The number of ether oxygens (including phenoxy) is 2. The zero-order chi connectivity index (χ0) is 14.7. The molecule has 1 aliphatic heterocycles. The van der Waals surface area contributed by atoms with Gasteiger partial charge in [-0.05, 0) is 49.4 Å². The third-order valence-corrected chi connectivity index (χ3v) is 4.95. The van der Waals surface area contributed by atoms with Crippen molar-refractivity contribution < 1.29 is 9.47 Å². The summed E-state index contributed by atoms with van der Waals surface area (Å²) in [4.78, 5) is 0. The fourth-order valence-corrected chi connectivity index (χ4v) is 3.77. The van der Waals surface area contributed by atoms with Gasteiger partial charge < -0.3 is 14.8 Å². The van der Waals surface area contributed by atoms with Crippen molar-refractivity contribution in [2.24, 2.45) is 11.8 Å². The lowest BCUT2D eigenvalue weighted by atomic mass is 9.82. The SMILES string of the molecule is COc1ccc2c(c1)C(NCC1CCCC(C)C1)CCO2. The van der Waals surface area contributed by atoms with Gasteiger partial charge in [-0.25, -0.2) is 0 Å². The Morgan fingerprint density at radius 3 is 3.00 bits per heavy atom. The molecule has 0 bridgehead atoms. The number of methoxy groups -OCH3 is 1. The largest absolute Gasteiger partial charge is 0.497 e. The van der Waals surface area contributed by atoms with E-state index < -0.39 is 0 Å². The number of fused-ring (bicyclic) bond motifs is 1. The highest BCUT2D eigenvalue weighted by molar-refractivity contribution is 5.43. The molecule has 3 atom stereocenters. The molecule has 3 nitrogen and oxygen atoms in total. The van der Waals surface area contributed by atoms with Gasteiger partial charge in [0.1, 0.15) is 11.5 Å². The molecule has 1 fully saturated rings. The van der Waals surface area contributed by atoms with Crippen molar-refractivity contribution in [2.75, 3.05) is 20.3 Å². The van der Waals surface area contributed by atoms with E-state index >= 15 is 0 Å². The van der Waals surface area contributed by atoms with Crippen molar-refractivity contribution in [1.82, 2.24) is 5.32 Å². The van der Waals surface area contributed by atoms with Gasteiger partial charge in [-0.3, -0.25) is 0 Å². The van der Waals surface area contributed by atoms with Crippen LogP contribution in [0.25, 0.3) is 0 Å².